The Kier molecular flexibility index (Phi) is 8.64. The Morgan fingerprint density at radius 1 is 1.11 bits per heavy atom. The van der Waals surface area contributed by atoms with Crippen molar-refractivity contribution >= 4 is 48.0 Å². The summed E-state index contributed by atoms with van der Waals surface area (Å²) in [7, 11) is 0. The monoisotopic (exact) mass is 552 g/mol. The van der Waals surface area contributed by atoms with Gasteiger partial charge in [0.1, 0.15) is 23.8 Å². The van der Waals surface area contributed by atoms with Gasteiger partial charge in [0, 0.05) is 11.5 Å². The molecule has 190 valence electrons. The molecule has 0 unspecified atom stereocenters. The molecule has 3 aromatic carbocycles. The molecule has 0 radical (unpaired) electrons. The number of carbonyl (C=O) groups excluding carboxylic acids is 1. The van der Waals surface area contributed by atoms with Crippen LogP contribution in [0.25, 0.3) is 28.5 Å². The number of nitrogens with zero attached hydrogens (tertiary/aromatic N) is 1. The summed E-state index contributed by atoms with van der Waals surface area (Å²) in [4.78, 5) is 11.7. The van der Waals surface area contributed by atoms with E-state index in [1.807, 2.05) is 56.3 Å². The summed E-state index contributed by atoms with van der Waals surface area (Å²) < 4.78 is 14.2. The molecule has 0 saturated heterocycles. The molecule has 0 aliphatic carbocycles. The third-order valence-electron chi connectivity index (χ3n) is 5.95. The van der Waals surface area contributed by atoms with Crippen LogP contribution in [0.4, 0.5) is 0 Å². The summed E-state index contributed by atoms with van der Waals surface area (Å²) in [5.41, 5.74) is 5.82. The molecule has 0 bridgehead atoms. The minimum Gasteiger partial charge on any atom is -0.489 e. The summed E-state index contributed by atoms with van der Waals surface area (Å²) in [5.74, 6) is 1.35. The molecule has 1 aromatic heterocycles. The number of ether oxygens (including phenoxy) is 1. The van der Waals surface area contributed by atoms with E-state index in [-0.39, 0.29) is 24.9 Å². The fourth-order valence-corrected chi connectivity index (χ4v) is 4.73. The lowest BCUT2D eigenvalue weighted by Crippen LogP contribution is -2.15. The number of thiol groups is 1. The topological polar surface area (TPSA) is 64.4 Å². The van der Waals surface area contributed by atoms with E-state index in [1.54, 1.807) is 24.3 Å². The van der Waals surface area contributed by atoms with Crippen molar-refractivity contribution in [2.45, 2.75) is 32.8 Å². The molecule has 0 aliphatic heterocycles. The predicted octanol–water partition coefficient (Wildman–Crippen LogP) is 8.16. The van der Waals surface area contributed by atoms with Crippen molar-refractivity contribution in [3.8, 4) is 28.1 Å². The van der Waals surface area contributed by atoms with Crippen LogP contribution in [0, 0.1) is 0 Å². The quantitative estimate of drug-likeness (QED) is 0.205. The van der Waals surface area contributed by atoms with Crippen LogP contribution in [-0.4, -0.2) is 11.1 Å². The number of carbonyl (C=O) groups is 1. The van der Waals surface area contributed by atoms with Crippen LogP contribution < -0.4 is 9.46 Å². The molecule has 0 aliphatic rings. The average molecular weight is 554 g/mol. The molecule has 0 spiro atoms. The Morgan fingerprint density at radius 2 is 1.78 bits per heavy atom. The fraction of sp³-hybridized carbons (Fsp3) is 0.172. The molecule has 5 nitrogen and oxygen atoms in total. The van der Waals surface area contributed by atoms with Crippen LogP contribution in [0.3, 0.4) is 0 Å². The van der Waals surface area contributed by atoms with Crippen LogP contribution in [-0.2, 0) is 17.8 Å². The van der Waals surface area contributed by atoms with Crippen molar-refractivity contribution in [2.75, 3.05) is 0 Å². The largest absolute Gasteiger partial charge is 0.489 e. The summed E-state index contributed by atoms with van der Waals surface area (Å²) in [6, 6.07) is 19.1. The van der Waals surface area contributed by atoms with E-state index in [0.29, 0.717) is 27.1 Å². The Morgan fingerprint density at radius 3 is 2.41 bits per heavy atom. The standard InChI is InChI=1S/C29H26Cl2N2O3S/c1-4-18-14-20(8-9-21(18)15-26(34)33-37)19-10-12-22(13-11-19)35-16-23-28(32-36-29(23)17(2)3)27-24(30)6-5-7-25(27)31/h4-14,17,37H,1,15-16H2,2-3H3,(H,33,34). The minimum atomic E-state index is -0.172. The first-order valence-corrected chi connectivity index (χ1v) is 12.9. The number of rotatable bonds is 9. The first-order chi connectivity index (χ1) is 17.8. The molecular weight excluding hydrogens is 527 g/mol. The van der Waals surface area contributed by atoms with E-state index in [4.69, 9.17) is 32.5 Å². The van der Waals surface area contributed by atoms with E-state index in [9.17, 15) is 4.79 Å². The lowest BCUT2D eigenvalue weighted by molar-refractivity contribution is -0.118. The molecule has 4 aromatic rings. The lowest BCUT2D eigenvalue weighted by Gasteiger charge is -2.12. The van der Waals surface area contributed by atoms with Gasteiger partial charge in [-0.3, -0.25) is 4.79 Å². The zero-order valence-corrected chi connectivity index (χ0v) is 22.8. The number of nitrogens with one attached hydrogen (secondary N) is 1. The molecule has 1 amide bonds. The first kappa shape index (κ1) is 26.9. The normalized spacial score (nSPS) is 11.0. The molecule has 4 rings (SSSR count). The van der Waals surface area contributed by atoms with Gasteiger partial charge in [-0.15, -0.1) is 0 Å². The van der Waals surface area contributed by atoms with Gasteiger partial charge in [-0.25, -0.2) is 0 Å². The average Bonchev–Trinajstić information content (AvgIpc) is 3.31. The predicted molar refractivity (Wildman–Crippen MR) is 153 cm³/mol. The van der Waals surface area contributed by atoms with Gasteiger partial charge in [-0.2, -0.15) is 0 Å². The third kappa shape index (κ3) is 6.04. The summed E-state index contributed by atoms with van der Waals surface area (Å²) in [5, 5.41) is 5.28. The van der Waals surface area contributed by atoms with Crippen LogP contribution in [0.5, 0.6) is 5.75 Å². The maximum Gasteiger partial charge on any atom is 0.234 e. The second-order valence-electron chi connectivity index (χ2n) is 8.77. The van der Waals surface area contributed by atoms with Gasteiger partial charge >= 0.3 is 0 Å². The summed E-state index contributed by atoms with van der Waals surface area (Å²) in [6.45, 7) is 8.19. The molecule has 37 heavy (non-hydrogen) atoms. The van der Waals surface area contributed by atoms with Gasteiger partial charge in [-0.1, -0.05) is 98.0 Å². The third-order valence-corrected chi connectivity index (χ3v) is 6.83. The van der Waals surface area contributed by atoms with Crippen molar-refractivity contribution in [1.29, 1.82) is 0 Å². The SMILES string of the molecule is C=Cc1cc(-c2ccc(OCc3c(-c4c(Cl)cccc4Cl)noc3C(C)C)cc2)ccc1CC(=O)NS. The van der Waals surface area contributed by atoms with Crippen LogP contribution in [0.2, 0.25) is 10.0 Å². The van der Waals surface area contributed by atoms with E-state index < -0.39 is 0 Å². The van der Waals surface area contributed by atoms with Gasteiger partial charge in [-0.05, 0) is 52.6 Å². The number of benzene rings is 3. The van der Waals surface area contributed by atoms with Gasteiger partial charge in [0.25, 0.3) is 0 Å². The zero-order valence-electron chi connectivity index (χ0n) is 20.4. The molecule has 0 saturated carbocycles. The Hall–Kier alpha value is -3.19. The smallest absolute Gasteiger partial charge is 0.234 e. The van der Waals surface area contributed by atoms with E-state index in [0.717, 1.165) is 33.6 Å². The highest BCUT2D eigenvalue weighted by Crippen LogP contribution is 2.39. The minimum absolute atomic E-state index is 0.101. The van der Waals surface area contributed by atoms with Crippen molar-refractivity contribution in [2.24, 2.45) is 0 Å². The highest BCUT2D eigenvalue weighted by molar-refractivity contribution is 7.78. The maximum atomic E-state index is 11.7. The van der Waals surface area contributed by atoms with Crippen molar-refractivity contribution < 1.29 is 14.1 Å². The van der Waals surface area contributed by atoms with Gasteiger partial charge in [0.2, 0.25) is 5.91 Å². The highest BCUT2D eigenvalue weighted by atomic mass is 35.5. The van der Waals surface area contributed by atoms with Gasteiger partial charge in [0.05, 0.1) is 22.0 Å². The maximum absolute atomic E-state index is 11.7. The molecule has 1 heterocycles. The Balaban J connectivity index is 1.56. The Bertz CT molecular complexity index is 1410. The van der Waals surface area contributed by atoms with Crippen molar-refractivity contribution in [1.82, 2.24) is 9.88 Å². The number of hydrogen-bond donors (Lipinski definition) is 2. The van der Waals surface area contributed by atoms with Gasteiger partial charge in [0.15, 0.2) is 0 Å². The molecule has 8 heteroatoms. The number of halogens is 2. The molecular formula is C29H26Cl2N2O3S. The summed E-state index contributed by atoms with van der Waals surface area (Å²) >= 11 is 16.7. The van der Waals surface area contributed by atoms with Crippen LogP contribution >= 0.6 is 36.0 Å². The number of hydrogen-bond acceptors (Lipinski definition) is 5. The second-order valence-corrected chi connectivity index (χ2v) is 9.81. The molecule has 0 atom stereocenters. The second kappa shape index (κ2) is 11.9. The summed E-state index contributed by atoms with van der Waals surface area (Å²) in [6.07, 6.45) is 1.98. The Labute approximate surface area is 232 Å². The molecule has 0 fully saturated rings. The van der Waals surface area contributed by atoms with Crippen LogP contribution in [0.1, 0.15) is 42.2 Å². The van der Waals surface area contributed by atoms with Gasteiger partial charge < -0.3 is 14.0 Å². The zero-order chi connectivity index (χ0) is 26.5. The van der Waals surface area contributed by atoms with Crippen molar-refractivity contribution in [3.63, 3.8) is 0 Å². The highest BCUT2D eigenvalue weighted by Gasteiger charge is 2.23. The number of amides is 1. The van der Waals surface area contributed by atoms with E-state index in [1.165, 1.54) is 0 Å². The first-order valence-electron chi connectivity index (χ1n) is 11.7. The molecule has 1 N–H and O–H groups in total. The van der Waals surface area contributed by atoms with E-state index >= 15 is 0 Å². The number of aromatic nitrogens is 1. The van der Waals surface area contributed by atoms with E-state index in [2.05, 4.69) is 29.3 Å². The van der Waals surface area contributed by atoms with Crippen LogP contribution in [0.15, 0.2) is 71.8 Å². The lowest BCUT2D eigenvalue weighted by atomic mass is 9.97. The fourth-order valence-electron chi connectivity index (χ4n) is 4.07. The van der Waals surface area contributed by atoms with Crippen molar-refractivity contribution in [3.05, 3.63) is 99.7 Å².